The Labute approximate surface area is 160 Å². The minimum Gasteiger partial charge on any atom is -0.439 e. The van der Waals surface area contributed by atoms with E-state index in [1.165, 1.54) is 18.3 Å². The number of aromatic nitrogens is 1. The normalized spacial score (nSPS) is 10.6. The van der Waals surface area contributed by atoms with Crippen LogP contribution in [-0.4, -0.2) is 22.0 Å². The Bertz CT molecular complexity index is 971. The molecule has 0 aliphatic rings. The van der Waals surface area contributed by atoms with Crippen molar-refractivity contribution in [2.45, 2.75) is 6.42 Å². The molecule has 0 saturated carbocycles. The molecule has 3 aromatic rings. The van der Waals surface area contributed by atoms with Crippen LogP contribution in [0.2, 0.25) is 0 Å². The van der Waals surface area contributed by atoms with Gasteiger partial charge in [0, 0.05) is 12.1 Å². The summed E-state index contributed by atoms with van der Waals surface area (Å²) in [5, 5.41) is 14.6. The third kappa shape index (κ3) is 5.46. The lowest BCUT2D eigenvalue weighted by atomic mass is 10.1. The summed E-state index contributed by atoms with van der Waals surface area (Å²) in [6, 6.07) is 19.1. The second kappa shape index (κ2) is 9.04. The van der Waals surface area contributed by atoms with Gasteiger partial charge in [0.15, 0.2) is 0 Å². The number of nitrogens with one attached hydrogen (secondary N) is 1. The first-order valence-corrected chi connectivity index (χ1v) is 8.34. The van der Waals surface area contributed by atoms with Crippen LogP contribution >= 0.6 is 0 Å². The van der Waals surface area contributed by atoms with Crippen molar-refractivity contribution in [2.24, 2.45) is 5.10 Å². The van der Waals surface area contributed by atoms with E-state index in [-0.39, 0.29) is 23.9 Å². The summed E-state index contributed by atoms with van der Waals surface area (Å²) in [7, 11) is 0. The monoisotopic (exact) mass is 376 g/mol. The van der Waals surface area contributed by atoms with Crippen LogP contribution in [0.15, 0.2) is 78.0 Å². The number of nitro groups is 1. The standard InChI is InChI=1S/C20H16N4O4/c25-19(12-15-4-2-1-3-5-15)23-22-13-16-6-9-18(10-7-16)28-20-11-8-17(14-21-20)24(26)27/h1-11,13-14H,12H2,(H,23,25)/b22-13+. The number of rotatable bonds is 7. The predicted octanol–water partition coefficient (Wildman–Crippen LogP) is 3.47. The fourth-order valence-corrected chi connectivity index (χ4v) is 2.28. The number of benzene rings is 2. The van der Waals surface area contributed by atoms with Gasteiger partial charge in [-0.3, -0.25) is 14.9 Å². The van der Waals surface area contributed by atoms with Crippen molar-refractivity contribution in [3.05, 3.63) is 94.2 Å². The molecule has 1 amide bonds. The molecular formula is C20H16N4O4. The third-order valence-corrected chi connectivity index (χ3v) is 3.64. The van der Waals surface area contributed by atoms with Gasteiger partial charge in [-0.2, -0.15) is 5.10 Å². The van der Waals surface area contributed by atoms with Crippen molar-refractivity contribution in [2.75, 3.05) is 0 Å². The molecule has 8 nitrogen and oxygen atoms in total. The van der Waals surface area contributed by atoms with Gasteiger partial charge in [0.05, 0.1) is 17.6 Å². The summed E-state index contributed by atoms with van der Waals surface area (Å²) in [6.07, 6.45) is 2.92. The van der Waals surface area contributed by atoms with Crippen LogP contribution in [0.1, 0.15) is 11.1 Å². The van der Waals surface area contributed by atoms with E-state index in [0.29, 0.717) is 5.75 Å². The zero-order valence-corrected chi connectivity index (χ0v) is 14.7. The van der Waals surface area contributed by atoms with E-state index in [2.05, 4.69) is 15.5 Å². The highest BCUT2D eigenvalue weighted by Gasteiger charge is 2.06. The molecule has 3 rings (SSSR count). The lowest BCUT2D eigenvalue weighted by Crippen LogP contribution is -2.19. The largest absolute Gasteiger partial charge is 0.439 e. The Morgan fingerprint density at radius 1 is 1.11 bits per heavy atom. The molecule has 0 spiro atoms. The first kappa shape index (κ1) is 18.7. The second-order valence-electron chi connectivity index (χ2n) is 5.74. The quantitative estimate of drug-likeness (QED) is 0.386. The highest BCUT2D eigenvalue weighted by molar-refractivity contribution is 5.83. The number of nitrogens with zero attached hydrogens (tertiary/aromatic N) is 3. The molecule has 28 heavy (non-hydrogen) atoms. The number of hydrogen-bond donors (Lipinski definition) is 1. The molecule has 0 atom stereocenters. The molecule has 0 bridgehead atoms. The Hall–Kier alpha value is -4.07. The molecule has 0 saturated heterocycles. The Balaban J connectivity index is 1.51. The summed E-state index contributed by atoms with van der Waals surface area (Å²) >= 11 is 0. The topological polar surface area (TPSA) is 107 Å². The maximum Gasteiger partial charge on any atom is 0.287 e. The maximum absolute atomic E-state index is 11.8. The van der Waals surface area contributed by atoms with Gasteiger partial charge in [-0.25, -0.2) is 10.4 Å². The molecule has 1 aromatic heterocycles. The van der Waals surface area contributed by atoms with Gasteiger partial charge in [0.25, 0.3) is 5.69 Å². The second-order valence-corrected chi connectivity index (χ2v) is 5.74. The number of carbonyl (C=O) groups is 1. The molecule has 0 radical (unpaired) electrons. The maximum atomic E-state index is 11.8. The van der Waals surface area contributed by atoms with E-state index < -0.39 is 4.92 Å². The fourth-order valence-electron chi connectivity index (χ4n) is 2.28. The number of hydrazone groups is 1. The summed E-state index contributed by atoms with van der Waals surface area (Å²) < 4.78 is 5.53. The SMILES string of the molecule is O=C(Cc1ccccc1)N/N=C/c1ccc(Oc2ccc([N+](=O)[O-])cn2)cc1. The number of carbonyl (C=O) groups excluding carboxylic acids is 1. The third-order valence-electron chi connectivity index (χ3n) is 3.64. The van der Waals surface area contributed by atoms with Crippen molar-refractivity contribution >= 4 is 17.8 Å². The van der Waals surface area contributed by atoms with E-state index in [9.17, 15) is 14.9 Å². The molecule has 0 unspecified atom stereocenters. The Kier molecular flexibility index (Phi) is 6.04. The number of hydrogen-bond acceptors (Lipinski definition) is 6. The summed E-state index contributed by atoms with van der Waals surface area (Å²) in [6.45, 7) is 0. The van der Waals surface area contributed by atoms with Crippen LogP contribution < -0.4 is 10.2 Å². The minimum absolute atomic E-state index is 0.103. The van der Waals surface area contributed by atoms with Crippen molar-refractivity contribution in [3.63, 3.8) is 0 Å². The number of pyridine rings is 1. The minimum atomic E-state index is -0.524. The van der Waals surface area contributed by atoms with Gasteiger partial charge in [-0.15, -0.1) is 0 Å². The van der Waals surface area contributed by atoms with Crippen LogP contribution in [0.3, 0.4) is 0 Å². The van der Waals surface area contributed by atoms with E-state index >= 15 is 0 Å². The van der Waals surface area contributed by atoms with Crippen LogP contribution in [0.5, 0.6) is 11.6 Å². The number of ether oxygens (including phenoxy) is 1. The van der Waals surface area contributed by atoms with Crippen molar-refractivity contribution in [3.8, 4) is 11.6 Å². The smallest absolute Gasteiger partial charge is 0.287 e. The van der Waals surface area contributed by atoms with E-state index in [1.54, 1.807) is 24.3 Å². The average molecular weight is 376 g/mol. The summed E-state index contributed by atoms with van der Waals surface area (Å²) in [4.78, 5) is 25.8. The molecule has 1 N–H and O–H groups in total. The molecule has 8 heteroatoms. The summed E-state index contributed by atoms with van der Waals surface area (Å²) in [5.74, 6) is 0.568. The van der Waals surface area contributed by atoms with Crippen LogP contribution in [0.25, 0.3) is 0 Å². The zero-order chi connectivity index (χ0) is 19.8. The van der Waals surface area contributed by atoms with Crippen LogP contribution in [0, 0.1) is 10.1 Å². The van der Waals surface area contributed by atoms with Crippen molar-refractivity contribution < 1.29 is 14.5 Å². The van der Waals surface area contributed by atoms with Crippen molar-refractivity contribution in [1.82, 2.24) is 10.4 Å². The van der Waals surface area contributed by atoms with E-state index in [0.717, 1.165) is 17.3 Å². The number of amides is 1. The first-order chi connectivity index (χ1) is 13.6. The van der Waals surface area contributed by atoms with Gasteiger partial charge >= 0.3 is 0 Å². The molecule has 0 fully saturated rings. The zero-order valence-electron chi connectivity index (χ0n) is 14.7. The molecule has 0 aliphatic carbocycles. The Morgan fingerprint density at radius 2 is 1.86 bits per heavy atom. The van der Waals surface area contributed by atoms with Crippen LogP contribution in [0.4, 0.5) is 5.69 Å². The first-order valence-electron chi connectivity index (χ1n) is 8.34. The lowest BCUT2D eigenvalue weighted by Gasteiger charge is -2.04. The van der Waals surface area contributed by atoms with Gasteiger partial charge in [-0.05, 0) is 35.4 Å². The molecule has 140 valence electrons. The van der Waals surface area contributed by atoms with Crippen molar-refractivity contribution in [1.29, 1.82) is 0 Å². The summed E-state index contributed by atoms with van der Waals surface area (Å²) in [5.41, 5.74) is 4.06. The van der Waals surface area contributed by atoms with E-state index in [1.807, 2.05) is 30.3 Å². The average Bonchev–Trinajstić information content (AvgIpc) is 2.70. The highest BCUT2D eigenvalue weighted by atomic mass is 16.6. The van der Waals surface area contributed by atoms with Gasteiger partial charge in [0.1, 0.15) is 11.9 Å². The predicted molar refractivity (Wildman–Crippen MR) is 103 cm³/mol. The lowest BCUT2D eigenvalue weighted by molar-refractivity contribution is -0.385. The van der Waals surface area contributed by atoms with Gasteiger partial charge in [-0.1, -0.05) is 30.3 Å². The molecule has 0 aliphatic heterocycles. The Morgan fingerprint density at radius 3 is 2.50 bits per heavy atom. The molecular weight excluding hydrogens is 360 g/mol. The molecule has 2 aromatic carbocycles. The van der Waals surface area contributed by atoms with Gasteiger partial charge in [0.2, 0.25) is 11.8 Å². The molecule has 1 heterocycles. The van der Waals surface area contributed by atoms with Gasteiger partial charge < -0.3 is 4.74 Å². The van der Waals surface area contributed by atoms with E-state index in [4.69, 9.17) is 4.74 Å². The fraction of sp³-hybridized carbons (Fsp3) is 0.0500. The van der Waals surface area contributed by atoms with Crippen LogP contribution in [-0.2, 0) is 11.2 Å². The highest BCUT2D eigenvalue weighted by Crippen LogP contribution is 2.21.